The first kappa shape index (κ1) is 17.2. The predicted octanol–water partition coefficient (Wildman–Crippen LogP) is 5.58. The lowest BCUT2D eigenvalue weighted by Crippen LogP contribution is -2.64. The molecule has 1 N–H and O–H groups in total. The molecule has 2 atom stereocenters. The van der Waals surface area contributed by atoms with Crippen molar-refractivity contribution < 1.29 is 4.74 Å². The van der Waals surface area contributed by atoms with Crippen LogP contribution in [0.4, 0.5) is 0 Å². The van der Waals surface area contributed by atoms with Gasteiger partial charge in [-0.3, -0.25) is 0 Å². The van der Waals surface area contributed by atoms with Crippen molar-refractivity contribution in [3.63, 3.8) is 0 Å². The molecule has 1 aliphatic rings. The number of halogens is 3. The third-order valence-corrected chi connectivity index (χ3v) is 5.55. The molecule has 0 radical (unpaired) electrons. The summed E-state index contributed by atoms with van der Waals surface area (Å²) in [5.74, 6) is 0.550. The summed E-state index contributed by atoms with van der Waals surface area (Å²) in [6, 6.07) is 3.83. The van der Waals surface area contributed by atoms with Crippen LogP contribution in [0.15, 0.2) is 12.1 Å². The Morgan fingerprint density at radius 3 is 2.19 bits per heavy atom. The number of hydrogen-bond acceptors (Lipinski definition) is 2. The third kappa shape index (κ3) is 3.14. The van der Waals surface area contributed by atoms with Crippen LogP contribution in [0.5, 0.6) is 5.75 Å². The first-order chi connectivity index (χ1) is 9.98. The Hall–Kier alpha value is -0.150. The van der Waals surface area contributed by atoms with Crippen LogP contribution in [-0.2, 0) is 0 Å². The zero-order chi connectivity index (χ0) is 15.6. The van der Waals surface area contributed by atoms with E-state index in [4.69, 9.17) is 39.5 Å². The van der Waals surface area contributed by atoms with Crippen molar-refractivity contribution in [2.75, 3.05) is 6.54 Å². The molecule has 0 spiro atoms. The van der Waals surface area contributed by atoms with Gasteiger partial charge in [-0.25, -0.2) is 0 Å². The Labute approximate surface area is 142 Å². The van der Waals surface area contributed by atoms with Gasteiger partial charge in [0.05, 0.1) is 10.0 Å². The smallest absolute Gasteiger partial charge is 0.157 e. The summed E-state index contributed by atoms with van der Waals surface area (Å²) >= 11 is 18.4. The maximum absolute atomic E-state index is 6.23. The van der Waals surface area contributed by atoms with Crippen LogP contribution in [0.1, 0.15) is 40.0 Å². The number of nitrogens with one attached hydrogen (secondary N) is 1. The third-order valence-electron chi connectivity index (χ3n) is 4.78. The Morgan fingerprint density at radius 1 is 1.14 bits per heavy atom. The van der Waals surface area contributed by atoms with E-state index in [1.165, 1.54) is 0 Å². The number of ether oxygens (including phenoxy) is 1. The lowest BCUT2D eigenvalue weighted by atomic mass is 9.58. The fourth-order valence-corrected chi connectivity index (χ4v) is 4.33. The molecule has 0 amide bonds. The van der Waals surface area contributed by atoms with Crippen molar-refractivity contribution in [2.45, 2.75) is 52.2 Å². The van der Waals surface area contributed by atoms with E-state index in [-0.39, 0.29) is 11.5 Å². The van der Waals surface area contributed by atoms with Gasteiger partial charge >= 0.3 is 0 Å². The minimum atomic E-state index is 0.132. The van der Waals surface area contributed by atoms with Crippen LogP contribution in [0.25, 0.3) is 0 Å². The second-order valence-electron chi connectivity index (χ2n) is 5.59. The molecule has 1 saturated carbocycles. The highest BCUT2D eigenvalue weighted by molar-refractivity contribution is 6.40. The minimum absolute atomic E-state index is 0.132. The monoisotopic (exact) mass is 349 g/mol. The predicted molar refractivity (Wildman–Crippen MR) is 91.0 cm³/mol. The maximum atomic E-state index is 6.23. The van der Waals surface area contributed by atoms with Gasteiger partial charge in [0.2, 0.25) is 0 Å². The largest absolute Gasteiger partial charge is 0.487 e. The summed E-state index contributed by atoms with van der Waals surface area (Å²) < 4.78 is 6.18. The highest BCUT2D eigenvalue weighted by Crippen LogP contribution is 2.50. The molecule has 1 aliphatic carbocycles. The number of hydrogen-bond donors (Lipinski definition) is 1. The van der Waals surface area contributed by atoms with Crippen LogP contribution in [0.2, 0.25) is 15.1 Å². The molecular formula is C16H22Cl3NO. The van der Waals surface area contributed by atoms with E-state index in [0.717, 1.165) is 25.8 Å². The quantitative estimate of drug-likeness (QED) is 0.723. The average molecular weight is 351 g/mol. The summed E-state index contributed by atoms with van der Waals surface area (Å²) in [6.45, 7) is 7.54. The Kier molecular flexibility index (Phi) is 5.70. The van der Waals surface area contributed by atoms with E-state index < -0.39 is 0 Å². The fraction of sp³-hybridized carbons (Fsp3) is 0.625. The van der Waals surface area contributed by atoms with Gasteiger partial charge in [0.15, 0.2) is 5.75 Å². The van der Waals surface area contributed by atoms with Crippen LogP contribution in [0.3, 0.4) is 0 Å². The SMILES string of the molecule is CCNC1CC(Oc2c(Cl)cc(Cl)cc2Cl)C1(CC)CC. The van der Waals surface area contributed by atoms with Gasteiger partial charge in [0.25, 0.3) is 0 Å². The van der Waals surface area contributed by atoms with E-state index in [0.29, 0.717) is 26.9 Å². The Bertz CT molecular complexity index is 479. The van der Waals surface area contributed by atoms with E-state index in [2.05, 4.69) is 26.1 Å². The van der Waals surface area contributed by atoms with Gasteiger partial charge in [-0.05, 0) is 31.5 Å². The molecule has 0 saturated heterocycles. The highest BCUT2D eigenvalue weighted by Gasteiger charge is 2.54. The summed E-state index contributed by atoms with van der Waals surface area (Å²) in [4.78, 5) is 0. The second-order valence-corrected chi connectivity index (χ2v) is 6.84. The van der Waals surface area contributed by atoms with Crippen LogP contribution in [0, 0.1) is 5.41 Å². The molecule has 0 heterocycles. The summed E-state index contributed by atoms with van der Waals surface area (Å²) in [5, 5.41) is 5.03. The molecule has 0 bridgehead atoms. The molecular weight excluding hydrogens is 329 g/mol. The topological polar surface area (TPSA) is 21.3 Å². The highest BCUT2D eigenvalue weighted by atomic mass is 35.5. The van der Waals surface area contributed by atoms with Gasteiger partial charge in [-0.15, -0.1) is 0 Å². The summed E-state index contributed by atoms with van der Waals surface area (Å²) in [7, 11) is 0. The molecule has 2 unspecified atom stereocenters. The van der Waals surface area contributed by atoms with Crippen molar-refractivity contribution in [3.8, 4) is 5.75 Å². The number of rotatable bonds is 6. The molecule has 2 rings (SSSR count). The van der Waals surface area contributed by atoms with E-state index in [1.807, 2.05) is 0 Å². The van der Waals surface area contributed by atoms with Crippen molar-refractivity contribution in [1.82, 2.24) is 5.32 Å². The Morgan fingerprint density at radius 2 is 1.71 bits per heavy atom. The minimum Gasteiger partial charge on any atom is -0.487 e. The van der Waals surface area contributed by atoms with E-state index in [9.17, 15) is 0 Å². The number of benzene rings is 1. The van der Waals surface area contributed by atoms with Gasteiger partial charge in [0, 0.05) is 22.9 Å². The molecule has 2 nitrogen and oxygen atoms in total. The van der Waals surface area contributed by atoms with Crippen LogP contribution in [-0.4, -0.2) is 18.7 Å². The normalized spacial score (nSPS) is 23.7. The van der Waals surface area contributed by atoms with Crippen molar-refractivity contribution >= 4 is 34.8 Å². The summed E-state index contributed by atoms with van der Waals surface area (Å²) in [6.07, 6.45) is 3.24. The van der Waals surface area contributed by atoms with E-state index >= 15 is 0 Å². The average Bonchev–Trinajstić information content (AvgIpc) is 2.41. The molecule has 1 aromatic carbocycles. The lowest BCUT2D eigenvalue weighted by molar-refractivity contribution is -0.0853. The maximum Gasteiger partial charge on any atom is 0.157 e. The Balaban J connectivity index is 2.20. The van der Waals surface area contributed by atoms with Crippen molar-refractivity contribution in [3.05, 3.63) is 27.2 Å². The van der Waals surface area contributed by atoms with Crippen LogP contribution < -0.4 is 10.1 Å². The molecule has 1 aromatic rings. The molecule has 0 aliphatic heterocycles. The van der Waals surface area contributed by atoms with Gasteiger partial charge in [0.1, 0.15) is 6.10 Å². The van der Waals surface area contributed by atoms with Crippen LogP contribution >= 0.6 is 34.8 Å². The lowest BCUT2D eigenvalue weighted by Gasteiger charge is -2.55. The summed E-state index contributed by atoms with van der Waals surface area (Å²) in [5.41, 5.74) is 0.141. The van der Waals surface area contributed by atoms with Gasteiger partial charge in [-0.1, -0.05) is 55.6 Å². The first-order valence-electron chi connectivity index (χ1n) is 7.53. The van der Waals surface area contributed by atoms with Gasteiger partial charge < -0.3 is 10.1 Å². The van der Waals surface area contributed by atoms with E-state index in [1.54, 1.807) is 12.1 Å². The van der Waals surface area contributed by atoms with Crippen molar-refractivity contribution in [1.29, 1.82) is 0 Å². The zero-order valence-electron chi connectivity index (χ0n) is 12.7. The van der Waals surface area contributed by atoms with Gasteiger partial charge in [-0.2, -0.15) is 0 Å². The molecule has 5 heteroatoms. The fourth-order valence-electron chi connectivity index (χ4n) is 3.43. The molecule has 1 fully saturated rings. The first-order valence-corrected chi connectivity index (χ1v) is 8.66. The standard InChI is InChI=1S/C16H22Cl3NO/c1-4-16(5-2)13(20-6-3)9-14(16)21-15-11(18)7-10(17)8-12(15)19/h7-8,13-14,20H,4-6,9H2,1-3H3. The molecule has 118 valence electrons. The molecule has 0 aromatic heterocycles. The van der Waals surface area contributed by atoms with Crippen molar-refractivity contribution in [2.24, 2.45) is 5.41 Å². The molecule has 21 heavy (non-hydrogen) atoms. The second kappa shape index (κ2) is 6.95. The zero-order valence-corrected chi connectivity index (χ0v) is 14.9.